The number of thiophene rings is 1. The summed E-state index contributed by atoms with van der Waals surface area (Å²) in [6.45, 7) is 2.42. The summed E-state index contributed by atoms with van der Waals surface area (Å²) in [7, 11) is 0. The van der Waals surface area contributed by atoms with Crippen LogP contribution in [0.2, 0.25) is 0 Å². The molecule has 1 unspecified atom stereocenters. The predicted molar refractivity (Wildman–Crippen MR) is 120 cm³/mol. The topological polar surface area (TPSA) is 52.7 Å². The Morgan fingerprint density at radius 1 is 0.909 bits per heavy atom. The first-order valence-electron chi connectivity index (χ1n) is 10.8. The van der Waals surface area contributed by atoms with E-state index in [1.54, 1.807) is 11.0 Å². The van der Waals surface area contributed by atoms with Crippen LogP contribution in [0.4, 0.5) is 13.2 Å². The van der Waals surface area contributed by atoms with Crippen molar-refractivity contribution in [2.75, 3.05) is 26.2 Å². The van der Waals surface area contributed by atoms with Crippen LogP contribution in [-0.4, -0.2) is 59.9 Å². The van der Waals surface area contributed by atoms with Crippen molar-refractivity contribution in [3.05, 3.63) is 70.6 Å². The summed E-state index contributed by atoms with van der Waals surface area (Å²) in [5.41, 5.74) is -0.0272. The van der Waals surface area contributed by atoms with Crippen LogP contribution in [0.15, 0.2) is 54.6 Å². The number of likely N-dealkylation sites (tertiary alicyclic amines) is 2. The van der Waals surface area contributed by atoms with Gasteiger partial charge < -0.3 is 15.1 Å². The summed E-state index contributed by atoms with van der Waals surface area (Å²) in [6.07, 6.45) is -3.54. The number of benzene rings is 2. The minimum Gasteiger partial charge on any atom is -0.337 e. The number of nitrogens with zero attached hydrogens (tertiary/aromatic N) is 2. The molecule has 172 valence electrons. The number of halogens is 3. The van der Waals surface area contributed by atoms with Gasteiger partial charge in [-0.3, -0.25) is 9.59 Å². The van der Waals surface area contributed by atoms with Gasteiger partial charge in [0.1, 0.15) is 0 Å². The van der Waals surface area contributed by atoms with Crippen LogP contribution in [0.25, 0.3) is 10.1 Å². The Hall–Kier alpha value is -2.91. The van der Waals surface area contributed by atoms with E-state index in [-0.39, 0.29) is 23.9 Å². The fraction of sp³-hybridized carbons (Fsp3) is 0.333. The zero-order valence-corrected chi connectivity index (χ0v) is 18.5. The van der Waals surface area contributed by atoms with Crippen LogP contribution >= 0.6 is 11.3 Å². The Labute approximate surface area is 192 Å². The molecule has 0 saturated carbocycles. The summed E-state index contributed by atoms with van der Waals surface area (Å²) >= 11 is 1.21. The lowest BCUT2D eigenvalue weighted by atomic mass is 10.1. The maximum absolute atomic E-state index is 12.9. The highest BCUT2D eigenvalue weighted by Gasteiger charge is 2.36. The van der Waals surface area contributed by atoms with E-state index >= 15 is 0 Å². The van der Waals surface area contributed by atoms with Gasteiger partial charge >= 0.3 is 6.18 Å². The Bertz CT molecular complexity index is 1190. The fourth-order valence-corrected chi connectivity index (χ4v) is 5.42. The third kappa shape index (κ3) is 4.47. The molecular weight excluding hydrogens is 451 g/mol. The first-order valence-corrected chi connectivity index (χ1v) is 11.6. The molecule has 1 aromatic heterocycles. The van der Waals surface area contributed by atoms with Gasteiger partial charge in [0.25, 0.3) is 11.8 Å². The van der Waals surface area contributed by atoms with Gasteiger partial charge in [-0.2, -0.15) is 13.2 Å². The molecule has 0 spiro atoms. The van der Waals surface area contributed by atoms with Crippen molar-refractivity contribution in [2.45, 2.75) is 24.7 Å². The number of hydrogen-bond donors (Lipinski definition) is 1. The van der Waals surface area contributed by atoms with Gasteiger partial charge in [-0.05, 0) is 48.2 Å². The highest BCUT2D eigenvalue weighted by molar-refractivity contribution is 7.20. The molecule has 2 aliphatic heterocycles. The maximum Gasteiger partial charge on any atom is 0.416 e. The molecule has 3 heterocycles. The van der Waals surface area contributed by atoms with E-state index in [1.165, 1.54) is 17.4 Å². The van der Waals surface area contributed by atoms with E-state index in [4.69, 9.17) is 0 Å². The Kier molecular flexibility index (Phi) is 5.62. The number of rotatable bonds is 4. The zero-order valence-electron chi connectivity index (χ0n) is 17.6. The SMILES string of the molecule is O=C(c1ccccc1)N1CCC(NC2CN(C(=O)c3cc4cc(C(F)(F)F)ccc4s3)C2)C1. The number of hydrogen-bond acceptors (Lipinski definition) is 4. The van der Waals surface area contributed by atoms with Gasteiger partial charge in [0.05, 0.1) is 10.4 Å². The van der Waals surface area contributed by atoms with Crippen LogP contribution in [0, 0.1) is 0 Å². The first kappa shape index (κ1) is 21.9. The Morgan fingerprint density at radius 3 is 2.36 bits per heavy atom. The third-order valence-electron chi connectivity index (χ3n) is 6.19. The average molecular weight is 474 g/mol. The highest BCUT2D eigenvalue weighted by Crippen LogP contribution is 2.34. The third-order valence-corrected chi connectivity index (χ3v) is 7.29. The maximum atomic E-state index is 12.9. The minimum absolute atomic E-state index is 0.0313. The summed E-state index contributed by atoms with van der Waals surface area (Å²) in [5.74, 6) is -0.126. The van der Waals surface area contributed by atoms with Gasteiger partial charge in [-0.25, -0.2) is 0 Å². The van der Waals surface area contributed by atoms with Gasteiger partial charge in [-0.1, -0.05) is 18.2 Å². The molecule has 1 atom stereocenters. The van der Waals surface area contributed by atoms with E-state index < -0.39 is 11.7 Å². The molecule has 0 radical (unpaired) electrons. The van der Waals surface area contributed by atoms with E-state index in [0.29, 0.717) is 46.7 Å². The molecule has 2 fully saturated rings. The van der Waals surface area contributed by atoms with Gasteiger partial charge in [0.2, 0.25) is 0 Å². The molecule has 0 aliphatic carbocycles. The van der Waals surface area contributed by atoms with Crippen molar-refractivity contribution < 1.29 is 22.8 Å². The van der Waals surface area contributed by atoms with Crippen LogP contribution in [0.1, 0.15) is 32.0 Å². The van der Waals surface area contributed by atoms with E-state index in [0.717, 1.165) is 18.6 Å². The second-order valence-electron chi connectivity index (χ2n) is 8.54. The molecule has 3 aromatic rings. The smallest absolute Gasteiger partial charge is 0.337 e. The molecule has 2 aliphatic rings. The fourth-order valence-electron chi connectivity index (χ4n) is 4.41. The van der Waals surface area contributed by atoms with Gasteiger partial charge in [0, 0.05) is 48.5 Å². The lowest BCUT2D eigenvalue weighted by molar-refractivity contribution is -0.137. The number of amides is 2. The van der Waals surface area contributed by atoms with Crippen LogP contribution in [0.3, 0.4) is 0 Å². The Morgan fingerprint density at radius 2 is 1.64 bits per heavy atom. The summed E-state index contributed by atoms with van der Waals surface area (Å²) < 4.78 is 39.5. The van der Waals surface area contributed by atoms with Crippen molar-refractivity contribution in [1.29, 1.82) is 0 Å². The standard InChI is InChI=1S/C24H22F3N3O2S/c25-24(26,27)17-6-7-20-16(10-17)11-21(33-20)23(32)30-13-19(14-30)28-18-8-9-29(12-18)22(31)15-4-2-1-3-5-15/h1-7,10-11,18-19,28H,8-9,12-14H2. The molecule has 9 heteroatoms. The van der Waals surface area contributed by atoms with Crippen molar-refractivity contribution in [1.82, 2.24) is 15.1 Å². The van der Waals surface area contributed by atoms with Gasteiger partial charge in [0.15, 0.2) is 0 Å². The quantitative estimate of drug-likeness (QED) is 0.617. The number of carbonyl (C=O) groups is 2. The molecule has 2 saturated heterocycles. The number of alkyl halides is 3. The lowest BCUT2D eigenvalue weighted by Crippen LogP contribution is -2.61. The van der Waals surface area contributed by atoms with E-state index in [2.05, 4.69) is 5.32 Å². The molecule has 1 N–H and O–H groups in total. The summed E-state index contributed by atoms with van der Waals surface area (Å²) in [6, 6.07) is 14.7. The summed E-state index contributed by atoms with van der Waals surface area (Å²) in [4.78, 5) is 29.4. The largest absolute Gasteiger partial charge is 0.416 e. The molecule has 5 rings (SSSR count). The van der Waals surface area contributed by atoms with Crippen LogP contribution in [0.5, 0.6) is 0 Å². The number of fused-ring (bicyclic) bond motifs is 1. The van der Waals surface area contributed by atoms with Crippen molar-refractivity contribution in [3.8, 4) is 0 Å². The predicted octanol–water partition coefficient (Wildman–Crippen LogP) is 4.25. The lowest BCUT2D eigenvalue weighted by Gasteiger charge is -2.40. The number of carbonyl (C=O) groups excluding carboxylic acids is 2. The van der Waals surface area contributed by atoms with E-state index in [1.807, 2.05) is 35.2 Å². The monoisotopic (exact) mass is 473 g/mol. The minimum atomic E-state index is -4.40. The van der Waals surface area contributed by atoms with Crippen molar-refractivity contribution >= 4 is 33.2 Å². The van der Waals surface area contributed by atoms with Crippen LogP contribution < -0.4 is 5.32 Å². The first-order chi connectivity index (χ1) is 15.8. The molecule has 2 aromatic carbocycles. The molecule has 33 heavy (non-hydrogen) atoms. The highest BCUT2D eigenvalue weighted by atomic mass is 32.1. The second kappa shape index (κ2) is 8.46. The molecule has 5 nitrogen and oxygen atoms in total. The van der Waals surface area contributed by atoms with E-state index in [9.17, 15) is 22.8 Å². The van der Waals surface area contributed by atoms with Crippen molar-refractivity contribution in [3.63, 3.8) is 0 Å². The Balaban J connectivity index is 1.14. The normalized spacial score (nSPS) is 19.2. The number of nitrogens with one attached hydrogen (secondary N) is 1. The molecule has 0 bridgehead atoms. The molecule has 2 amide bonds. The average Bonchev–Trinajstić information content (AvgIpc) is 3.41. The molecular formula is C24H22F3N3O2S. The van der Waals surface area contributed by atoms with Gasteiger partial charge in [-0.15, -0.1) is 11.3 Å². The zero-order chi connectivity index (χ0) is 23.2. The summed E-state index contributed by atoms with van der Waals surface area (Å²) in [5, 5.41) is 3.96. The van der Waals surface area contributed by atoms with Crippen LogP contribution in [-0.2, 0) is 6.18 Å². The second-order valence-corrected chi connectivity index (χ2v) is 9.62. The van der Waals surface area contributed by atoms with Crippen molar-refractivity contribution in [2.24, 2.45) is 0 Å².